The Kier molecular flexibility index (Phi) is 1.14. The summed E-state index contributed by atoms with van der Waals surface area (Å²) in [5.74, 6) is 0. The molecule has 13 heavy (non-hydrogen) atoms. The van der Waals surface area contributed by atoms with Gasteiger partial charge in [0.25, 0.3) is 0 Å². The van der Waals surface area contributed by atoms with Gasteiger partial charge in [0.2, 0.25) is 0 Å². The Bertz CT molecular complexity index is 573. The summed E-state index contributed by atoms with van der Waals surface area (Å²) in [7, 11) is 0. The first-order chi connectivity index (χ1) is 8.30. The number of nitrogens with zero attached hydrogens (tertiary/aromatic N) is 2. The second-order valence-corrected chi connectivity index (χ2v) is 3.40. The molecule has 0 aliphatic carbocycles. The highest BCUT2D eigenvalue weighted by Crippen LogP contribution is 2.13. The maximum atomic E-state index is 7.82. The summed E-state index contributed by atoms with van der Waals surface area (Å²) in [5, 5.41) is 0. The summed E-state index contributed by atoms with van der Waals surface area (Å²) in [6.07, 6.45) is -0.532. The Morgan fingerprint density at radius 2 is 2.23 bits per heavy atom. The Morgan fingerprint density at radius 3 is 2.85 bits per heavy atom. The quantitative estimate of drug-likeness (QED) is 0.751. The molecule has 0 atom stereocenters. The van der Waals surface area contributed by atoms with Gasteiger partial charge >= 0.3 is 0 Å². The van der Waals surface area contributed by atoms with Crippen molar-refractivity contribution in [2.24, 2.45) is 0 Å². The standard InChI is InChI=1S/C10H9BrN2/c1-8-6-13(7-12-8)10-4-2-9(11)3-5-10/h2-7H,1H3/i1D3,6D,7D. The molecule has 0 aliphatic heterocycles. The number of benzene rings is 1. The van der Waals surface area contributed by atoms with Gasteiger partial charge in [0, 0.05) is 20.4 Å². The van der Waals surface area contributed by atoms with E-state index in [0.29, 0.717) is 5.69 Å². The maximum absolute atomic E-state index is 7.82. The van der Waals surface area contributed by atoms with Gasteiger partial charge in [-0.05, 0) is 31.1 Å². The minimum Gasteiger partial charge on any atom is -0.306 e. The van der Waals surface area contributed by atoms with E-state index in [4.69, 9.17) is 6.85 Å². The fourth-order valence-electron chi connectivity index (χ4n) is 0.968. The highest BCUT2D eigenvalue weighted by molar-refractivity contribution is 9.10. The van der Waals surface area contributed by atoms with Crippen LogP contribution in [0.3, 0.4) is 0 Å². The molecule has 0 saturated heterocycles. The van der Waals surface area contributed by atoms with Crippen molar-refractivity contribution >= 4 is 15.9 Å². The van der Waals surface area contributed by atoms with Crippen LogP contribution in [0, 0.1) is 6.85 Å². The maximum Gasteiger partial charge on any atom is 0.105 e. The first-order valence-corrected chi connectivity index (χ1v) is 4.42. The third-order valence-electron chi connectivity index (χ3n) is 1.56. The lowest BCUT2D eigenvalue weighted by Crippen LogP contribution is -1.88. The number of rotatable bonds is 1. The summed E-state index contributed by atoms with van der Waals surface area (Å²) in [6.45, 7) is -2.48. The van der Waals surface area contributed by atoms with Gasteiger partial charge in [0.1, 0.15) is 1.37 Å². The van der Waals surface area contributed by atoms with Gasteiger partial charge < -0.3 is 4.57 Å². The van der Waals surface area contributed by atoms with Crippen LogP contribution < -0.4 is 0 Å². The highest BCUT2D eigenvalue weighted by atomic mass is 79.9. The van der Waals surface area contributed by atoms with Crippen LogP contribution in [0.1, 0.15) is 12.5 Å². The summed E-state index contributed by atoms with van der Waals surface area (Å²) >= 11 is 3.28. The summed E-state index contributed by atoms with van der Waals surface area (Å²) in [5.41, 5.74) is 0.187. The minimum absolute atomic E-state index is 0.256. The molecule has 2 aromatic rings. The van der Waals surface area contributed by atoms with Crippen molar-refractivity contribution in [1.82, 2.24) is 9.55 Å². The molecule has 1 aromatic heterocycles. The predicted molar refractivity (Wildman–Crippen MR) is 56.0 cm³/mol. The van der Waals surface area contributed by atoms with Gasteiger partial charge in [-0.3, -0.25) is 0 Å². The predicted octanol–water partition coefficient (Wildman–Crippen LogP) is 2.94. The molecule has 0 saturated carbocycles. The molecular formula is C10H9BrN2. The van der Waals surface area contributed by atoms with Crippen molar-refractivity contribution in [2.75, 3.05) is 0 Å². The zero-order valence-electron chi connectivity index (χ0n) is 11.6. The lowest BCUT2D eigenvalue weighted by atomic mass is 10.3. The number of imidazole rings is 1. The van der Waals surface area contributed by atoms with Crippen molar-refractivity contribution in [1.29, 1.82) is 0 Å². The minimum atomic E-state index is -2.48. The van der Waals surface area contributed by atoms with Crippen LogP contribution in [0.25, 0.3) is 5.69 Å². The largest absolute Gasteiger partial charge is 0.306 e. The van der Waals surface area contributed by atoms with Gasteiger partial charge in [-0.15, -0.1) is 0 Å². The molecule has 0 amide bonds. The van der Waals surface area contributed by atoms with E-state index in [1.807, 2.05) is 0 Å². The fraction of sp³-hybridized carbons (Fsp3) is 0.100. The van der Waals surface area contributed by atoms with Gasteiger partial charge in [0.05, 0.1) is 13.4 Å². The van der Waals surface area contributed by atoms with E-state index < -0.39 is 6.85 Å². The van der Waals surface area contributed by atoms with Crippen molar-refractivity contribution in [3.63, 3.8) is 0 Å². The van der Waals surface area contributed by atoms with E-state index in [1.54, 1.807) is 24.3 Å². The van der Waals surface area contributed by atoms with Crippen molar-refractivity contribution in [3.8, 4) is 5.69 Å². The van der Waals surface area contributed by atoms with E-state index >= 15 is 0 Å². The average Bonchev–Trinajstić information content (AvgIpc) is 2.56. The number of aryl methyl sites for hydroxylation is 1. The third kappa shape index (κ3) is 1.80. The molecular weight excluding hydrogens is 228 g/mol. The lowest BCUT2D eigenvalue weighted by molar-refractivity contribution is 1.06. The average molecular weight is 242 g/mol. The molecule has 0 bridgehead atoms. The van der Waals surface area contributed by atoms with E-state index in [9.17, 15) is 0 Å². The Morgan fingerprint density at radius 1 is 1.46 bits per heavy atom. The Balaban J connectivity index is 2.59. The number of hydrogen-bond donors (Lipinski definition) is 0. The smallest absolute Gasteiger partial charge is 0.105 e. The third-order valence-corrected chi connectivity index (χ3v) is 2.09. The van der Waals surface area contributed by atoms with Crippen molar-refractivity contribution < 1.29 is 6.85 Å². The number of halogens is 1. The molecule has 3 heteroatoms. The summed E-state index contributed by atoms with van der Waals surface area (Å²) in [6, 6.07) is 6.88. The van der Waals surface area contributed by atoms with E-state index in [0.717, 1.165) is 4.47 Å². The van der Waals surface area contributed by atoms with Crippen LogP contribution in [-0.2, 0) is 0 Å². The molecule has 0 radical (unpaired) electrons. The number of hydrogen-bond acceptors (Lipinski definition) is 1. The second-order valence-electron chi connectivity index (χ2n) is 2.48. The Hall–Kier alpha value is -1.09. The van der Waals surface area contributed by atoms with Crippen molar-refractivity contribution in [3.05, 3.63) is 46.9 Å². The van der Waals surface area contributed by atoms with Crippen molar-refractivity contribution in [2.45, 2.75) is 6.85 Å². The normalized spacial score (nSPS) is 16.8. The topological polar surface area (TPSA) is 17.8 Å². The lowest BCUT2D eigenvalue weighted by Gasteiger charge is -2.00. The molecule has 2 rings (SSSR count). The molecule has 66 valence electrons. The molecule has 0 aliphatic rings. The first kappa shape index (κ1) is 4.42. The fourth-order valence-corrected chi connectivity index (χ4v) is 1.23. The van der Waals surface area contributed by atoms with E-state index in [-0.39, 0.29) is 18.2 Å². The SMILES string of the molecule is [2H]c1nc(C([2H])([2H])[2H])c([2H])n1-c1ccc(Br)cc1. The molecule has 1 aromatic carbocycles. The highest BCUT2D eigenvalue weighted by Gasteiger charge is 1.96. The molecule has 0 N–H and O–H groups in total. The van der Waals surface area contributed by atoms with Crippen LogP contribution >= 0.6 is 15.9 Å². The molecule has 0 unspecified atom stereocenters. The Labute approximate surface area is 92.4 Å². The van der Waals surface area contributed by atoms with Gasteiger partial charge in [-0.2, -0.15) is 0 Å². The summed E-state index contributed by atoms with van der Waals surface area (Å²) in [4.78, 5) is 3.65. The monoisotopic (exact) mass is 241 g/mol. The number of aromatic nitrogens is 2. The zero-order valence-corrected chi connectivity index (χ0v) is 8.17. The zero-order chi connectivity index (χ0) is 13.5. The van der Waals surface area contributed by atoms with Crippen LogP contribution in [0.4, 0.5) is 0 Å². The molecule has 2 nitrogen and oxygen atoms in total. The van der Waals surface area contributed by atoms with Crippen LogP contribution in [0.2, 0.25) is 0 Å². The van der Waals surface area contributed by atoms with E-state index in [1.165, 1.54) is 4.57 Å². The van der Waals surface area contributed by atoms with E-state index in [2.05, 4.69) is 20.9 Å². The van der Waals surface area contributed by atoms with Crippen LogP contribution in [0.15, 0.2) is 41.2 Å². The molecule has 1 heterocycles. The molecule has 0 spiro atoms. The van der Waals surface area contributed by atoms with Gasteiger partial charge in [0.15, 0.2) is 0 Å². The van der Waals surface area contributed by atoms with Crippen LogP contribution in [-0.4, -0.2) is 9.55 Å². The molecule has 0 fully saturated rings. The van der Waals surface area contributed by atoms with Gasteiger partial charge in [-0.1, -0.05) is 15.9 Å². The summed E-state index contributed by atoms with van der Waals surface area (Å²) < 4.78 is 39.3. The van der Waals surface area contributed by atoms with Crippen LogP contribution in [0.5, 0.6) is 0 Å². The first-order valence-electron chi connectivity index (χ1n) is 6.13. The second kappa shape index (κ2) is 3.34. The van der Waals surface area contributed by atoms with Gasteiger partial charge in [-0.25, -0.2) is 4.98 Å².